The zero-order valence-electron chi connectivity index (χ0n) is 9.93. The largest absolute Gasteiger partial charge is 0.338 e. The molecule has 2 fully saturated rings. The highest BCUT2D eigenvalue weighted by Gasteiger charge is 2.17. The molecule has 4 heteroatoms. The minimum atomic E-state index is 0.0184. The molecular weight excluding hydrogens is 202 g/mol. The lowest BCUT2D eigenvalue weighted by molar-refractivity contribution is 0.236. The van der Waals surface area contributed by atoms with Gasteiger partial charge >= 0.3 is 6.03 Å². The topological polar surface area (TPSA) is 53.2 Å². The van der Waals surface area contributed by atoms with Crippen LogP contribution in [-0.2, 0) is 0 Å². The fourth-order valence-corrected chi connectivity index (χ4v) is 2.67. The van der Waals surface area contributed by atoms with E-state index >= 15 is 0 Å². The summed E-state index contributed by atoms with van der Waals surface area (Å²) >= 11 is 0. The lowest BCUT2D eigenvalue weighted by atomic mass is 10.1. The predicted octanol–water partition coefficient (Wildman–Crippen LogP) is 1.37. The molecule has 0 bridgehead atoms. The van der Waals surface area contributed by atoms with Crippen LogP contribution in [0, 0.1) is 0 Å². The predicted molar refractivity (Wildman–Crippen MR) is 64.4 cm³/mol. The van der Waals surface area contributed by atoms with E-state index in [9.17, 15) is 4.79 Å². The Hall–Kier alpha value is -0.770. The normalized spacial score (nSPS) is 25.9. The highest BCUT2D eigenvalue weighted by Crippen LogP contribution is 2.17. The van der Waals surface area contributed by atoms with Gasteiger partial charge in [-0.3, -0.25) is 0 Å². The molecule has 92 valence electrons. The number of hydrogen-bond donors (Lipinski definition) is 3. The highest BCUT2D eigenvalue weighted by molar-refractivity contribution is 5.74. The molecule has 1 saturated heterocycles. The van der Waals surface area contributed by atoms with Crippen molar-refractivity contribution in [2.75, 3.05) is 13.1 Å². The van der Waals surface area contributed by atoms with E-state index in [2.05, 4.69) is 16.0 Å². The summed E-state index contributed by atoms with van der Waals surface area (Å²) in [5, 5.41) is 9.41. The molecule has 0 aromatic rings. The van der Waals surface area contributed by atoms with Crippen LogP contribution in [0.15, 0.2) is 0 Å². The van der Waals surface area contributed by atoms with Crippen molar-refractivity contribution < 1.29 is 4.79 Å². The van der Waals surface area contributed by atoms with Crippen LogP contribution in [0.2, 0.25) is 0 Å². The van der Waals surface area contributed by atoms with Crippen LogP contribution in [0.3, 0.4) is 0 Å². The van der Waals surface area contributed by atoms with Crippen molar-refractivity contribution in [2.45, 2.75) is 57.0 Å². The summed E-state index contributed by atoms with van der Waals surface area (Å²) in [5.74, 6) is 0. The van der Waals surface area contributed by atoms with Crippen LogP contribution in [0.1, 0.15) is 44.9 Å². The smallest absolute Gasteiger partial charge is 0.315 e. The van der Waals surface area contributed by atoms with E-state index < -0.39 is 0 Å². The Morgan fingerprint density at radius 1 is 1.19 bits per heavy atom. The summed E-state index contributed by atoms with van der Waals surface area (Å²) in [6, 6.07) is 1.06. The first-order chi connectivity index (χ1) is 7.84. The van der Waals surface area contributed by atoms with Gasteiger partial charge in [-0.05, 0) is 38.6 Å². The molecule has 1 aliphatic heterocycles. The summed E-state index contributed by atoms with van der Waals surface area (Å²) < 4.78 is 0. The van der Waals surface area contributed by atoms with Gasteiger partial charge in [0.15, 0.2) is 0 Å². The molecule has 0 spiro atoms. The maximum atomic E-state index is 11.5. The van der Waals surface area contributed by atoms with E-state index in [1.807, 2.05) is 0 Å². The van der Waals surface area contributed by atoms with Crippen LogP contribution in [-0.4, -0.2) is 31.2 Å². The molecule has 0 radical (unpaired) electrons. The Bertz CT molecular complexity index is 220. The van der Waals surface area contributed by atoms with Crippen LogP contribution in [0.25, 0.3) is 0 Å². The summed E-state index contributed by atoms with van der Waals surface area (Å²) in [5.41, 5.74) is 0. The number of nitrogens with one attached hydrogen (secondary N) is 3. The van der Waals surface area contributed by atoms with E-state index in [1.54, 1.807) is 0 Å². The third-order valence-corrected chi connectivity index (χ3v) is 3.63. The second kappa shape index (κ2) is 6.09. The minimum absolute atomic E-state index is 0.0184. The quantitative estimate of drug-likeness (QED) is 0.677. The van der Waals surface area contributed by atoms with Gasteiger partial charge < -0.3 is 16.0 Å². The summed E-state index contributed by atoms with van der Waals surface area (Å²) in [6.07, 6.45) is 8.41. The highest BCUT2D eigenvalue weighted by atomic mass is 16.2. The zero-order valence-corrected chi connectivity index (χ0v) is 9.93. The van der Waals surface area contributed by atoms with E-state index in [0.29, 0.717) is 12.1 Å². The summed E-state index contributed by atoms with van der Waals surface area (Å²) in [4.78, 5) is 11.5. The molecule has 4 nitrogen and oxygen atoms in total. The third kappa shape index (κ3) is 3.67. The molecule has 1 heterocycles. The molecule has 0 aromatic carbocycles. The van der Waals surface area contributed by atoms with E-state index in [4.69, 9.17) is 0 Å². The van der Waals surface area contributed by atoms with Gasteiger partial charge in [-0.25, -0.2) is 4.79 Å². The van der Waals surface area contributed by atoms with Crippen molar-refractivity contribution in [2.24, 2.45) is 0 Å². The fourth-order valence-electron chi connectivity index (χ4n) is 2.67. The summed E-state index contributed by atoms with van der Waals surface area (Å²) in [6.45, 7) is 1.93. The monoisotopic (exact) mass is 225 g/mol. The molecule has 0 unspecified atom stereocenters. The Kier molecular flexibility index (Phi) is 4.45. The van der Waals surface area contributed by atoms with Gasteiger partial charge in [-0.15, -0.1) is 0 Å². The van der Waals surface area contributed by atoms with Crippen molar-refractivity contribution >= 4 is 6.03 Å². The number of carbonyl (C=O) groups is 1. The van der Waals surface area contributed by atoms with Crippen LogP contribution in [0.4, 0.5) is 4.79 Å². The van der Waals surface area contributed by atoms with Gasteiger partial charge in [0.1, 0.15) is 0 Å². The van der Waals surface area contributed by atoms with Crippen LogP contribution < -0.4 is 16.0 Å². The molecule has 1 atom stereocenters. The average Bonchev–Trinajstić information content (AvgIpc) is 2.90. The van der Waals surface area contributed by atoms with Gasteiger partial charge in [-0.2, -0.15) is 0 Å². The van der Waals surface area contributed by atoms with Gasteiger partial charge in [0.2, 0.25) is 0 Å². The minimum Gasteiger partial charge on any atom is -0.338 e. The first-order valence-corrected chi connectivity index (χ1v) is 6.62. The Morgan fingerprint density at radius 3 is 2.69 bits per heavy atom. The molecule has 0 aromatic heterocycles. The van der Waals surface area contributed by atoms with Crippen molar-refractivity contribution in [1.29, 1.82) is 0 Å². The number of urea groups is 1. The summed E-state index contributed by atoms with van der Waals surface area (Å²) in [7, 11) is 0. The zero-order chi connectivity index (χ0) is 11.2. The van der Waals surface area contributed by atoms with E-state index in [-0.39, 0.29) is 6.03 Å². The number of rotatable bonds is 4. The first-order valence-electron chi connectivity index (χ1n) is 6.62. The van der Waals surface area contributed by atoms with Crippen LogP contribution >= 0.6 is 0 Å². The second-order valence-electron chi connectivity index (χ2n) is 4.96. The van der Waals surface area contributed by atoms with Crippen molar-refractivity contribution in [1.82, 2.24) is 16.0 Å². The van der Waals surface area contributed by atoms with Crippen molar-refractivity contribution in [3.63, 3.8) is 0 Å². The fraction of sp³-hybridized carbons (Fsp3) is 0.917. The van der Waals surface area contributed by atoms with Crippen molar-refractivity contribution in [3.8, 4) is 0 Å². The maximum Gasteiger partial charge on any atom is 0.315 e. The number of hydrogen-bond acceptors (Lipinski definition) is 2. The van der Waals surface area contributed by atoms with Gasteiger partial charge in [0.25, 0.3) is 0 Å². The molecule has 16 heavy (non-hydrogen) atoms. The molecule has 3 N–H and O–H groups in total. The van der Waals surface area contributed by atoms with E-state index in [1.165, 1.54) is 25.7 Å². The molecule has 2 aliphatic rings. The van der Waals surface area contributed by atoms with Crippen LogP contribution in [0.5, 0.6) is 0 Å². The molecule has 1 saturated carbocycles. The van der Waals surface area contributed by atoms with Gasteiger partial charge in [0.05, 0.1) is 0 Å². The third-order valence-electron chi connectivity index (χ3n) is 3.63. The Balaban J connectivity index is 1.52. The molecule has 2 rings (SSSR count). The Labute approximate surface area is 97.6 Å². The maximum absolute atomic E-state index is 11.5. The van der Waals surface area contributed by atoms with E-state index in [0.717, 1.165) is 32.4 Å². The average molecular weight is 225 g/mol. The second-order valence-corrected chi connectivity index (χ2v) is 4.96. The SMILES string of the molecule is O=C(NCC[C@@H]1CCCN1)NC1CCCC1. The standard InChI is InChI=1S/C12H23N3O/c16-12(15-11-4-1-2-5-11)14-9-7-10-6-3-8-13-10/h10-11,13H,1-9H2,(H2,14,15,16)/t10-/m0/s1. The lowest BCUT2D eigenvalue weighted by Gasteiger charge is -2.14. The first kappa shape index (κ1) is 11.7. The lowest BCUT2D eigenvalue weighted by Crippen LogP contribution is -2.42. The molecule has 1 aliphatic carbocycles. The molecular formula is C12H23N3O. The molecule has 2 amide bonds. The van der Waals surface area contributed by atoms with Crippen molar-refractivity contribution in [3.05, 3.63) is 0 Å². The Morgan fingerprint density at radius 2 is 2.00 bits per heavy atom. The van der Waals surface area contributed by atoms with Gasteiger partial charge in [0, 0.05) is 18.6 Å². The number of amides is 2. The van der Waals surface area contributed by atoms with Gasteiger partial charge in [-0.1, -0.05) is 12.8 Å². The number of carbonyl (C=O) groups excluding carboxylic acids is 1.